The third-order valence-corrected chi connectivity index (χ3v) is 3.44. The lowest BCUT2D eigenvalue weighted by Crippen LogP contribution is -2.05. The van der Waals surface area contributed by atoms with Crippen molar-refractivity contribution in [3.05, 3.63) is 59.2 Å². The fraction of sp³-hybridized carbons (Fsp3) is 0.294. The van der Waals surface area contributed by atoms with Crippen LogP contribution in [0.25, 0.3) is 11.1 Å². The van der Waals surface area contributed by atoms with Gasteiger partial charge in [0.1, 0.15) is 0 Å². The molecule has 0 atom stereocenters. The fourth-order valence-corrected chi connectivity index (χ4v) is 2.21. The third-order valence-electron chi connectivity index (χ3n) is 3.44. The van der Waals surface area contributed by atoms with E-state index in [4.69, 9.17) is 0 Å². The van der Waals surface area contributed by atoms with Gasteiger partial charge in [-0.3, -0.25) is 0 Å². The zero-order valence-electron chi connectivity index (χ0n) is 11.8. The van der Waals surface area contributed by atoms with Gasteiger partial charge >= 0.3 is 6.18 Å². The summed E-state index contributed by atoms with van der Waals surface area (Å²) in [5.41, 5.74) is 3.04. The van der Waals surface area contributed by atoms with Crippen molar-refractivity contribution in [1.82, 2.24) is 0 Å². The van der Waals surface area contributed by atoms with Crippen molar-refractivity contribution in [2.75, 3.05) is 0 Å². The second-order valence-corrected chi connectivity index (χ2v) is 5.30. The molecule has 20 heavy (non-hydrogen) atoms. The van der Waals surface area contributed by atoms with Crippen LogP contribution in [0.15, 0.2) is 42.5 Å². The minimum atomic E-state index is -4.29. The van der Waals surface area contributed by atoms with E-state index in [1.54, 1.807) is 13.0 Å². The molecule has 0 aliphatic heterocycles. The minimum Gasteiger partial charge on any atom is -0.166 e. The quantitative estimate of drug-likeness (QED) is 0.650. The van der Waals surface area contributed by atoms with Gasteiger partial charge in [0.05, 0.1) is 5.56 Å². The molecule has 0 spiro atoms. The standard InChI is InChI=1S/C17H17F3/c1-11(2)13-4-6-14(7-5-13)16-9-8-15(10-12(16)3)17(18,19)20/h4-11H,1-3H3. The molecule has 0 radical (unpaired) electrons. The van der Waals surface area contributed by atoms with Crippen LogP contribution in [0.4, 0.5) is 13.2 Å². The minimum absolute atomic E-state index is 0.442. The van der Waals surface area contributed by atoms with Gasteiger partial charge in [0.15, 0.2) is 0 Å². The van der Waals surface area contributed by atoms with Gasteiger partial charge in [-0.05, 0) is 47.2 Å². The zero-order chi connectivity index (χ0) is 14.9. The summed E-state index contributed by atoms with van der Waals surface area (Å²) in [6.07, 6.45) is -4.29. The monoisotopic (exact) mass is 278 g/mol. The van der Waals surface area contributed by atoms with Crippen LogP contribution < -0.4 is 0 Å². The Kier molecular flexibility index (Phi) is 3.89. The molecule has 0 saturated carbocycles. The molecule has 0 aromatic heterocycles. The molecule has 106 valence electrons. The summed E-state index contributed by atoms with van der Waals surface area (Å²) in [5, 5.41) is 0. The number of hydrogen-bond donors (Lipinski definition) is 0. The molecule has 3 heteroatoms. The van der Waals surface area contributed by atoms with Crippen LogP contribution >= 0.6 is 0 Å². The predicted octanol–water partition coefficient (Wildman–Crippen LogP) is 5.80. The van der Waals surface area contributed by atoms with Crippen molar-refractivity contribution in [2.45, 2.75) is 32.9 Å². The van der Waals surface area contributed by atoms with Crippen LogP contribution in [-0.2, 0) is 6.18 Å². The number of rotatable bonds is 2. The first-order valence-corrected chi connectivity index (χ1v) is 6.57. The van der Waals surface area contributed by atoms with Gasteiger partial charge in [-0.2, -0.15) is 13.2 Å². The maximum atomic E-state index is 12.6. The number of hydrogen-bond acceptors (Lipinski definition) is 0. The molecule has 0 aliphatic carbocycles. The maximum Gasteiger partial charge on any atom is 0.416 e. The summed E-state index contributed by atoms with van der Waals surface area (Å²) >= 11 is 0. The second-order valence-electron chi connectivity index (χ2n) is 5.30. The second kappa shape index (κ2) is 5.31. The zero-order valence-corrected chi connectivity index (χ0v) is 11.8. The Balaban J connectivity index is 2.38. The lowest BCUT2D eigenvalue weighted by atomic mass is 9.95. The smallest absolute Gasteiger partial charge is 0.166 e. The van der Waals surface area contributed by atoms with Gasteiger partial charge in [-0.15, -0.1) is 0 Å². The molecule has 0 nitrogen and oxygen atoms in total. The van der Waals surface area contributed by atoms with E-state index in [0.717, 1.165) is 17.2 Å². The maximum absolute atomic E-state index is 12.6. The molecule has 2 aromatic rings. The molecular formula is C17H17F3. The highest BCUT2D eigenvalue weighted by atomic mass is 19.4. The lowest BCUT2D eigenvalue weighted by Gasteiger charge is -2.12. The summed E-state index contributed by atoms with van der Waals surface area (Å²) in [7, 11) is 0. The average molecular weight is 278 g/mol. The fourth-order valence-electron chi connectivity index (χ4n) is 2.21. The molecule has 0 unspecified atom stereocenters. The molecule has 0 heterocycles. The molecule has 0 bridgehead atoms. The van der Waals surface area contributed by atoms with Crippen LogP contribution in [0.1, 0.15) is 36.5 Å². The van der Waals surface area contributed by atoms with E-state index >= 15 is 0 Å². The lowest BCUT2D eigenvalue weighted by molar-refractivity contribution is -0.137. The molecule has 0 fully saturated rings. The first-order chi connectivity index (χ1) is 9.29. The Labute approximate surface area is 117 Å². The van der Waals surface area contributed by atoms with E-state index in [9.17, 15) is 13.2 Å². The molecule has 0 aliphatic rings. The molecule has 0 saturated heterocycles. The molecule has 0 N–H and O–H groups in total. The molecular weight excluding hydrogens is 261 g/mol. The van der Waals surface area contributed by atoms with Crippen molar-refractivity contribution in [1.29, 1.82) is 0 Å². The van der Waals surface area contributed by atoms with Crippen molar-refractivity contribution in [2.24, 2.45) is 0 Å². The summed E-state index contributed by atoms with van der Waals surface area (Å²) in [4.78, 5) is 0. The van der Waals surface area contributed by atoms with Crippen LogP contribution in [0.3, 0.4) is 0 Å². The summed E-state index contributed by atoms with van der Waals surface area (Å²) in [5.74, 6) is 0.442. The number of aryl methyl sites for hydroxylation is 1. The van der Waals surface area contributed by atoms with Gasteiger partial charge in [0, 0.05) is 0 Å². The number of benzene rings is 2. The van der Waals surface area contributed by atoms with Crippen LogP contribution in [0.2, 0.25) is 0 Å². The Hall–Kier alpha value is -1.77. The Morgan fingerprint density at radius 3 is 1.95 bits per heavy atom. The normalized spacial score (nSPS) is 11.9. The van der Waals surface area contributed by atoms with Gasteiger partial charge < -0.3 is 0 Å². The average Bonchev–Trinajstić information content (AvgIpc) is 2.37. The van der Waals surface area contributed by atoms with E-state index in [1.807, 2.05) is 24.3 Å². The number of alkyl halides is 3. The van der Waals surface area contributed by atoms with E-state index in [1.165, 1.54) is 11.6 Å². The number of halogens is 3. The third kappa shape index (κ3) is 3.03. The van der Waals surface area contributed by atoms with E-state index < -0.39 is 11.7 Å². The molecule has 0 amide bonds. The summed E-state index contributed by atoms with van der Waals surface area (Å²) in [6, 6.07) is 11.9. The van der Waals surface area contributed by atoms with Gasteiger partial charge in [0.2, 0.25) is 0 Å². The highest BCUT2D eigenvalue weighted by molar-refractivity contribution is 5.68. The van der Waals surface area contributed by atoms with Crippen molar-refractivity contribution in [3.63, 3.8) is 0 Å². The van der Waals surface area contributed by atoms with Crippen molar-refractivity contribution >= 4 is 0 Å². The van der Waals surface area contributed by atoms with Gasteiger partial charge in [0.25, 0.3) is 0 Å². The van der Waals surface area contributed by atoms with E-state index in [0.29, 0.717) is 11.5 Å². The highest BCUT2D eigenvalue weighted by Crippen LogP contribution is 2.33. The first kappa shape index (κ1) is 14.6. The van der Waals surface area contributed by atoms with E-state index in [-0.39, 0.29) is 0 Å². The van der Waals surface area contributed by atoms with Crippen LogP contribution in [-0.4, -0.2) is 0 Å². The topological polar surface area (TPSA) is 0 Å². The SMILES string of the molecule is Cc1cc(C(F)(F)F)ccc1-c1ccc(C(C)C)cc1. The predicted molar refractivity (Wildman–Crippen MR) is 75.7 cm³/mol. The van der Waals surface area contributed by atoms with Crippen molar-refractivity contribution in [3.8, 4) is 11.1 Å². The largest absolute Gasteiger partial charge is 0.416 e. The summed E-state index contributed by atoms with van der Waals surface area (Å²) in [6.45, 7) is 5.93. The van der Waals surface area contributed by atoms with Gasteiger partial charge in [-0.25, -0.2) is 0 Å². The van der Waals surface area contributed by atoms with Crippen molar-refractivity contribution < 1.29 is 13.2 Å². The summed E-state index contributed by atoms with van der Waals surface area (Å²) < 4.78 is 37.9. The molecule has 2 rings (SSSR count). The van der Waals surface area contributed by atoms with Gasteiger partial charge in [-0.1, -0.05) is 44.2 Å². The Morgan fingerprint density at radius 1 is 0.900 bits per heavy atom. The van der Waals surface area contributed by atoms with Crippen LogP contribution in [0.5, 0.6) is 0 Å². The Bertz CT molecular complexity index is 593. The molecule has 2 aromatic carbocycles. The highest BCUT2D eigenvalue weighted by Gasteiger charge is 2.30. The first-order valence-electron chi connectivity index (χ1n) is 6.57. The van der Waals surface area contributed by atoms with Crippen LogP contribution in [0, 0.1) is 6.92 Å². The van der Waals surface area contributed by atoms with E-state index in [2.05, 4.69) is 13.8 Å². The Morgan fingerprint density at radius 2 is 1.50 bits per heavy atom.